The highest BCUT2D eigenvalue weighted by atomic mass is 79.9. The Balaban J connectivity index is 2.87. The van der Waals surface area contributed by atoms with E-state index in [0.717, 1.165) is 4.47 Å². The molecule has 0 spiro atoms. The Hall–Kier alpha value is -0.350. The van der Waals surface area contributed by atoms with Gasteiger partial charge in [0.2, 0.25) is 0 Å². The van der Waals surface area contributed by atoms with E-state index in [1.54, 1.807) is 6.07 Å². The second-order valence-electron chi connectivity index (χ2n) is 2.61. The molecule has 1 rings (SSSR count). The molecule has 0 N–H and O–H groups in total. The van der Waals surface area contributed by atoms with Gasteiger partial charge in [0, 0.05) is 16.6 Å². The summed E-state index contributed by atoms with van der Waals surface area (Å²) in [4.78, 5) is 11.0. The Bertz CT molecular complexity index is 327. The number of rotatable bonds is 3. The van der Waals surface area contributed by atoms with Gasteiger partial charge in [-0.05, 0) is 23.8 Å². The third-order valence-corrected chi connectivity index (χ3v) is 2.70. The highest BCUT2D eigenvalue weighted by Crippen LogP contribution is 2.18. The fourth-order valence-corrected chi connectivity index (χ4v) is 1.45. The topological polar surface area (TPSA) is 17.1 Å². The Morgan fingerprint density at radius 3 is 2.85 bits per heavy atom. The van der Waals surface area contributed by atoms with Crippen molar-refractivity contribution in [3.05, 3.63) is 34.1 Å². The minimum Gasteiger partial charge on any atom is -0.298 e. The van der Waals surface area contributed by atoms with Crippen LogP contribution < -0.4 is 0 Å². The Kier molecular flexibility index (Phi) is 3.93. The molecule has 0 aromatic heterocycles. The maximum absolute atomic E-state index is 12.8. The average Bonchev–Trinajstić information content (AvgIpc) is 2.11. The standard InChI is InChI=1S/C9H8BrFOS/c10-9-2-1-7(11)3-6(9)4-8(12)5-13/h1-3,13H,4-5H2. The first-order chi connectivity index (χ1) is 6.13. The fourth-order valence-electron chi connectivity index (χ4n) is 0.947. The SMILES string of the molecule is O=C(CS)Cc1cc(F)ccc1Br. The van der Waals surface area contributed by atoms with Crippen LogP contribution in [-0.4, -0.2) is 11.5 Å². The molecule has 0 aliphatic heterocycles. The molecule has 0 amide bonds. The van der Waals surface area contributed by atoms with Gasteiger partial charge in [0.1, 0.15) is 11.6 Å². The number of hydrogen-bond acceptors (Lipinski definition) is 2. The molecule has 0 fully saturated rings. The van der Waals surface area contributed by atoms with Crippen molar-refractivity contribution in [3.8, 4) is 0 Å². The van der Waals surface area contributed by atoms with Crippen molar-refractivity contribution in [2.45, 2.75) is 6.42 Å². The van der Waals surface area contributed by atoms with E-state index in [4.69, 9.17) is 0 Å². The second kappa shape index (κ2) is 4.77. The zero-order valence-electron chi connectivity index (χ0n) is 6.76. The van der Waals surface area contributed by atoms with Crippen LogP contribution in [-0.2, 0) is 11.2 Å². The quantitative estimate of drug-likeness (QED) is 0.829. The van der Waals surface area contributed by atoms with E-state index in [-0.39, 0.29) is 23.8 Å². The summed E-state index contributed by atoms with van der Waals surface area (Å²) in [6.45, 7) is 0. The van der Waals surface area contributed by atoms with Crippen molar-refractivity contribution in [1.82, 2.24) is 0 Å². The van der Waals surface area contributed by atoms with E-state index in [2.05, 4.69) is 28.6 Å². The van der Waals surface area contributed by atoms with Crippen LogP contribution in [0.3, 0.4) is 0 Å². The molecule has 70 valence electrons. The van der Waals surface area contributed by atoms with Gasteiger partial charge < -0.3 is 0 Å². The molecule has 0 atom stereocenters. The number of halogens is 2. The first-order valence-corrected chi connectivity index (χ1v) is 5.12. The van der Waals surface area contributed by atoms with Crippen LogP contribution in [0.25, 0.3) is 0 Å². The zero-order valence-corrected chi connectivity index (χ0v) is 9.24. The number of benzene rings is 1. The van der Waals surface area contributed by atoms with Crippen molar-refractivity contribution in [2.24, 2.45) is 0 Å². The van der Waals surface area contributed by atoms with Gasteiger partial charge in [-0.2, -0.15) is 12.6 Å². The molecular weight excluding hydrogens is 255 g/mol. The summed E-state index contributed by atoms with van der Waals surface area (Å²) in [5, 5.41) is 0. The predicted octanol–water partition coefficient (Wildman–Crippen LogP) is 2.63. The molecule has 1 aromatic rings. The first kappa shape index (κ1) is 10.7. The van der Waals surface area contributed by atoms with E-state index in [1.165, 1.54) is 12.1 Å². The maximum Gasteiger partial charge on any atom is 0.146 e. The van der Waals surface area contributed by atoms with Crippen LogP contribution in [0.15, 0.2) is 22.7 Å². The molecule has 1 aromatic carbocycles. The maximum atomic E-state index is 12.8. The molecule has 0 saturated heterocycles. The molecule has 4 heteroatoms. The predicted molar refractivity (Wildman–Crippen MR) is 56.7 cm³/mol. The van der Waals surface area contributed by atoms with Crippen molar-refractivity contribution in [3.63, 3.8) is 0 Å². The lowest BCUT2D eigenvalue weighted by atomic mass is 10.1. The summed E-state index contributed by atoms with van der Waals surface area (Å²) in [7, 11) is 0. The van der Waals surface area contributed by atoms with Crippen LogP contribution in [0.2, 0.25) is 0 Å². The fraction of sp³-hybridized carbons (Fsp3) is 0.222. The Morgan fingerprint density at radius 1 is 1.54 bits per heavy atom. The van der Waals surface area contributed by atoms with Gasteiger partial charge in [0.15, 0.2) is 0 Å². The van der Waals surface area contributed by atoms with Gasteiger partial charge in [-0.1, -0.05) is 15.9 Å². The minimum absolute atomic E-state index is 0.0189. The normalized spacial score (nSPS) is 10.1. The smallest absolute Gasteiger partial charge is 0.146 e. The number of thiol groups is 1. The van der Waals surface area contributed by atoms with E-state index >= 15 is 0 Å². The van der Waals surface area contributed by atoms with Crippen molar-refractivity contribution in [2.75, 3.05) is 5.75 Å². The van der Waals surface area contributed by atoms with Gasteiger partial charge in [0.05, 0.1) is 0 Å². The number of Topliss-reactive ketones (excluding diaryl/α,β-unsaturated/α-hetero) is 1. The third-order valence-electron chi connectivity index (χ3n) is 1.57. The lowest BCUT2D eigenvalue weighted by Gasteiger charge is -2.02. The monoisotopic (exact) mass is 262 g/mol. The summed E-state index contributed by atoms with van der Waals surface area (Å²) in [5.74, 6) is -0.164. The molecule has 0 aliphatic rings. The van der Waals surface area contributed by atoms with Crippen LogP contribution in [0.4, 0.5) is 4.39 Å². The Labute approximate surface area is 89.9 Å². The highest BCUT2D eigenvalue weighted by Gasteiger charge is 2.06. The van der Waals surface area contributed by atoms with E-state index < -0.39 is 0 Å². The van der Waals surface area contributed by atoms with Crippen molar-refractivity contribution >= 4 is 34.3 Å². The summed E-state index contributed by atoms with van der Waals surface area (Å²) in [5.41, 5.74) is 0.666. The zero-order chi connectivity index (χ0) is 9.84. The lowest BCUT2D eigenvalue weighted by molar-refractivity contribution is -0.115. The summed E-state index contributed by atoms with van der Waals surface area (Å²) in [6.07, 6.45) is 0.224. The summed E-state index contributed by atoms with van der Waals surface area (Å²) >= 11 is 7.09. The molecule has 0 radical (unpaired) electrons. The van der Waals surface area contributed by atoms with Gasteiger partial charge in [-0.25, -0.2) is 4.39 Å². The first-order valence-electron chi connectivity index (χ1n) is 3.70. The third kappa shape index (κ3) is 3.12. The Morgan fingerprint density at radius 2 is 2.23 bits per heavy atom. The van der Waals surface area contributed by atoms with Crippen molar-refractivity contribution < 1.29 is 9.18 Å². The molecule has 0 saturated carbocycles. The number of hydrogen-bond donors (Lipinski definition) is 1. The molecule has 0 heterocycles. The van der Waals surface area contributed by atoms with E-state index in [1.807, 2.05) is 0 Å². The van der Waals surface area contributed by atoms with E-state index in [0.29, 0.717) is 5.56 Å². The second-order valence-corrected chi connectivity index (χ2v) is 3.78. The van der Waals surface area contributed by atoms with Gasteiger partial charge in [-0.15, -0.1) is 0 Å². The molecule has 0 bridgehead atoms. The number of carbonyl (C=O) groups is 1. The van der Waals surface area contributed by atoms with Crippen LogP contribution in [0, 0.1) is 5.82 Å². The highest BCUT2D eigenvalue weighted by molar-refractivity contribution is 9.10. The van der Waals surface area contributed by atoms with Gasteiger partial charge >= 0.3 is 0 Å². The molecule has 13 heavy (non-hydrogen) atoms. The summed E-state index contributed by atoms with van der Waals surface area (Å²) in [6, 6.07) is 4.29. The van der Waals surface area contributed by atoms with E-state index in [9.17, 15) is 9.18 Å². The van der Waals surface area contributed by atoms with Gasteiger partial charge in [0.25, 0.3) is 0 Å². The largest absolute Gasteiger partial charge is 0.298 e. The van der Waals surface area contributed by atoms with Crippen LogP contribution in [0.5, 0.6) is 0 Å². The lowest BCUT2D eigenvalue weighted by Crippen LogP contribution is -2.04. The number of ketones is 1. The number of carbonyl (C=O) groups excluding carboxylic acids is 1. The molecule has 1 nitrogen and oxygen atoms in total. The minimum atomic E-state index is -0.329. The molecule has 0 unspecified atom stereocenters. The summed E-state index contributed by atoms with van der Waals surface area (Å²) < 4.78 is 13.5. The van der Waals surface area contributed by atoms with Crippen LogP contribution in [0.1, 0.15) is 5.56 Å². The average molecular weight is 263 g/mol. The van der Waals surface area contributed by atoms with Crippen LogP contribution >= 0.6 is 28.6 Å². The van der Waals surface area contributed by atoms with Gasteiger partial charge in [-0.3, -0.25) is 4.79 Å². The van der Waals surface area contributed by atoms with Crippen molar-refractivity contribution in [1.29, 1.82) is 0 Å². The molecule has 0 aliphatic carbocycles. The molecular formula is C9H8BrFOS.